The molecule has 0 aliphatic heterocycles. The molecule has 134 valence electrons. The van der Waals surface area contributed by atoms with Gasteiger partial charge in [-0.15, -0.1) is 0 Å². The van der Waals surface area contributed by atoms with Crippen LogP contribution in [0.3, 0.4) is 0 Å². The fourth-order valence-corrected chi connectivity index (χ4v) is 2.61. The van der Waals surface area contributed by atoms with Gasteiger partial charge in [-0.3, -0.25) is 4.79 Å². The summed E-state index contributed by atoms with van der Waals surface area (Å²) >= 11 is 0. The Labute approximate surface area is 140 Å². The number of hydrogen-bond acceptors (Lipinski definition) is 5. The second-order valence-electron chi connectivity index (χ2n) is 3.97. The molecule has 0 fully saturated rings. The van der Waals surface area contributed by atoms with Gasteiger partial charge in [0.25, 0.3) is 0 Å². The SMILES string of the molecule is CC.CC.CCOC(=O)[C@H](CN)NS(=O)(=O)c1ccc(C)cc1. The highest BCUT2D eigenvalue weighted by Gasteiger charge is 2.25. The molecule has 0 amide bonds. The lowest BCUT2D eigenvalue weighted by Gasteiger charge is -2.15. The van der Waals surface area contributed by atoms with Crippen LogP contribution in [0.25, 0.3) is 0 Å². The first-order valence-corrected chi connectivity index (χ1v) is 9.34. The van der Waals surface area contributed by atoms with Crippen LogP contribution >= 0.6 is 0 Å². The van der Waals surface area contributed by atoms with Crippen LogP contribution in [0.4, 0.5) is 0 Å². The predicted molar refractivity (Wildman–Crippen MR) is 93.7 cm³/mol. The molecule has 0 aliphatic rings. The molecule has 0 unspecified atom stereocenters. The van der Waals surface area contributed by atoms with Crippen molar-refractivity contribution in [2.45, 2.75) is 52.5 Å². The monoisotopic (exact) mass is 346 g/mol. The Bertz CT molecular complexity index is 528. The summed E-state index contributed by atoms with van der Waals surface area (Å²) in [6, 6.07) is 5.21. The molecule has 6 nitrogen and oxygen atoms in total. The maximum atomic E-state index is 12.0. The summed E-state index contributed by atoms with van der Waals surface area (Å²) in [4.78, 5) is 11.6. The van der Waals surface area contributed by atoms with E-state index in [-0.39, 0.29) is 18.0 Å². The van der Waals surface area contributed by atoms with Crippen molar-refractivity contribution in [3.63, 3.8) is 0 Å². The molecule has 0 saturated heterocycles. The van der Waals surface area contributed by atoms with Crippen LogP contribution in [-0.2, 0) is 19.6 Å². The van der Waals surface area contributed by atoms with Gasteiger partial charge < -0.3 is 10.5 Å². The lowest BCUT2D eigenvalue weighted by atomic mass is 10.2. The standard InChI is InChI=1S/C12H18N2O4S.2C2H6/c1-3-18-12(15)11(8-13)14-19(16,17)10-6-4-9(2)5-7-10;2*1-2/h4-7,11,14H,3,8,13H2,1-2H3;2*1-2H3/t11-;;/m0../s1. The van der Waals surface area contributed by atoms with Crippen LogP contribution in [0.1, 0.15) is 40.2 Å². The zero-order valence-electron chi connectivity index (χ0n) is 14.9. The lowest BCUT2D eigenvalue weighted by molar-refractivity contribution is -0.144. The average Bonchev–Trinajstić information content (AvgIpc) is 2.57. The first-order valence-electron chi connectivity index (χ1n) is 7.86. The van der Waals surface area contributed by atoms with Gasteiger partial charge in [0.05, 0.1) is 11.5 Å². The van der Waals surface area contributed by atoms with Crippen molar-refractivity contribution in [2.75, 3.05) is 13.2 Å². The van der Waals surface area contributed by atoms with E-state index < -0.39 is 22.0 Å². The first kappa shape index (κ1) is 23.8. The maximum absolute atomic E-state index is 12.0. The zero-order valence-corrected chi connectivity index (χ0v) is 15.7. The van der Waals surface area contributed by atoms with E-state index >= 15 is 0 Å². The van der Waals surface area contributed by atoms with Gasteiger partial charge >= 0.3 is 5.97 Å². The first-order chi connectivity index (χ1) is 10.9. The number of benzene rings is 1. The van der Waals surface area contributed by atoms with Gasteiger partial charge in [0.1, 0.15) is 6.04 Å². The van der Waals surface area contributed by atoms with Gasteiger partial charge in [0, 0.05) is 6.54 Å². The lowest BCUT2D eigenvalue weighted by Crippen LogP contribution is -2.46. The Morgan fingerprint density at radius 3 is 2.04 bits per heavy atom. The smallest absolute Gasteiger partial charge is 0.325 e. The Morgan fingerprint density at radius 1 is 1.17 bits per heavy atom. The van der Waals surface area contributed by atoms with Crippen molar-refractivity contribution in [3.8, 4) is 0 Å². The Hall–Kier alpha value is -1.44. The van der Waals surface area contributed by atoms with E-state index in [4.69, 9.17) is 10.5 Å². The summed E-state index contributed by atoms with van der Waals surface area (Å²) in [6.07, 6.45) is 0. The van der Waals surface area contributed by atoms with Gasteiger partial charge in [-0.2, -0.15) is 4.72 Å². The minimum Gasteiger partial charge on any atom is -0.465 e. The van der Waals surface area contributed by atoms with Gasteiger partial charge in [-0.25, -0.2) is 8.42 Å². The molecule has 0 aliphatic carbocycles. The van der Waals surface area contributed by atoms with Gasteiger partial charge in [-0.05, 0) is 26.0 Å². The van der Waals surface area contributed by atoms with E-state index in [1.165, 1.54) is 12.1 Å². The molecule has 1 atom stereocenters. The average molecular weight is 346 g/mol. The third-order valence-corrected chi connectivity index (χ3v) is 3.92. The molecule has 0 aromatic heterocycles. The number of carbonyl (C=O) groups excluding carboxylic acids is 1. The van der Waals surface area contributed by atoms with Crippen molar-refractivity contribution in [1.82, 2.24) is 4.72 Å². The third-order valence-electron chi connectivity index (χ3n) is 2.44. The molecule has 1 aromatic carbocycles. The van der Waals surface area contributed by atoms with Gasteiger partial charge in [0.2, 0.25) is 10.0 Å². The maximum Gasteiger partial charge on any atom is 0.325 e. The Balaban J connectivity index is 0. The molecule has 3 N–H and O–H groups in total. The number of nitrogens with one attached hydrogen (secondary N) is 1. The highest BCUT2D eigenvalue weighted by Crippen LogP contribution is 2.10. The second-order valence-corrected chi connectivity index (χ2v) is 5.69. The molecule has 0 heterocycles. The summed E-state index contributed by atoms with van der Waals surface area (Å²) in [5.74, 6) is -0.680. The molecule has 7 heteroatoms. The van der Waals surface area contributed by atoms with Gasteiger partial charge in [-0.1, -0.05) is 45.4 Å². The number of carbonyl (C=O) groups is 1. The van der Waals surface area contributed by atoms with Crippen molar-refractivity contribution in [2.24, 2.45) is 5.73 Å². The summed E-state index contributed by atoms with van der Waals surface area (Å²) in [5, 5.41) is 0. The third kappa shape index (κ3) is 8.68. The topological polar surface area (TPSA) is 98.5 Å². The van der Waals surface area contributed by atoms with Crippen LogP contribution in [0.15, 0.2) is 29.2 Å². The molecule has 1 aromatic rings. The second kappa shape index (κ2) is 13.0. The number of nitrogens with two attached hydrogens (primary N) is 1. The quantitative estimate of drug-likeness (QED) is 0.770. The fraction of sp³-hybridized carbons (Fsp3) is 0.562. The van der Waals surface area contributed by atoms with Crippen LogP contribution in [0, 0.1) is 6.92 Å². The van der Waals surface area contributed by atoms with Crippen molar-refractivity contribution < 1.29 is 17.9 Å². The van der Waals surface area contributed by atoms with Gasteiger partial charge in [0.15, 0.2) is 0 Å². The van der Waals surface area contributed by atoms with Crippen LogP contribution in [0.2, 0.25) is 0 Å². The van der Waals surface area contributed by atoms with E-state index in [1.807, 2.05) is 34.6 Å². The van der Waals surface area contributed by atoms with Crippen LogP contribution in [-0.4, -0.2) is 33.6 Å². The van der Waals surface area contributed by atoms with Crippen molar-refractivity contribution >= 4 is 16.0 Å². The summed E-state index contributed by atoms with van der Waals surface area (Å²) < 4.78 is 31.1. The molecular weight excluding hydrogens is 316 g/mol. The zero-order chi connectivity index (χ0) is 18.5. The normalized spacial score (nSPS) is 11.3. The summed E-state index contributed by atoms with van der Waals surface area (Å²) in [5.41, 5.74) is 6.33. The molecule has 0 spiro atoms. The highest BCUT2D eigenvalue weighted by atomic mass is 32.2. The van der Waals surface area contributed by atoms with Crippen molar-refractivity contribution in [1.29, 1.82) is 0 Å². The summed E-state index contributed by atoms with van der Waals surface area (Å²) in [7, 11) is -3.78. The van der Waals surface area contributed by atoms with E-state index in [0.717, 1.165) is 5.56 Å². The largest absolute Gasteiger partial charge is 0.465 e. The molecule has 1 rings (SSSR count). The van der Waals surface area contributed by atoms with Crippen LogP contribution in [0.5, 0.6) is 0 Å². The van der Waals surface area contributed by atoms with E-state index in [0.29, 0.717) is 0 Å². The summed E-state index contributed by atoms with van der Waals surface area (Å²) in [6.45, 7) is 11.5. The number of esters is 1. The van der Waals surface area contributed by atoms with E-state index in [1.54, 1.807) is 19.1 Å². The number of aryl methyl sites for hydroxylation is 1. The number of rotatable bonds is 6. The van der Waals surface area contributed by atoms with Crippen LogP contribution < -0.4 is 10.5 Å². The minimum absolute atomic E-state index is 0.0841. The Kier molecular flexibility index (Phi) is 13.5. The molecular formula is C16H30N2O4S. The molecule has 23 heavy (non-hydrogen) atoms. The van der Waals surface area contributed by atoms with Crippen molar-refractivity contribution in [3.05, 3.63) is 29.8 Å². The number of hydrogen-bond donors (Lipinski definition) is 2. The molecule has 0 radical (unpaired) electrons. The number of ether oxygens (including phenoxy) is 1. The molecule has 0 bridgehead atoms. The Morgan fingerprint density at radius 2 is 1.65 bits per heavy atom. The predicted octanol–water partition coefficient (Wildman–Crippen LogP) is 2.22. The number of sulfonamides is 1. The fourth-order valence-electron chi connectivity index (χ4n) is 1.41. The van der Waals surface area contributed by atoms with E-state index in [2.05, 4.69) is 4.72 Å². The van der Waals surface area contributed by atoms with E-state index in [9.17, 15) is 13.2 Å². The minimum atomic E-state index is -3.78. The highest BCUT2D eigenvalue weighted by molar-refractivity contribution is 7.89. The molecule has 0 saturated carbocycles.